The molecule has 0 radical (unpaired) electrons. The molecule has 0 aromatic heterocycles. The SMILES string of the molecule is CCNC(CCC(C)C)CC1CCSCC1. The van der Waals surface area contributed by atoms with Gasteiger partial charge in [-0.15, -0.1) is 0 Å². The van der Waals surface area contributed by atoms with Crippen LogP contribution >= 0.6 is 11.8 Å². The Balaban J connectivity index is 2.25. The molecule has 0 aromatic carbocycles. The van der Waals surface area contributed by atoms with E-state index in [2.05, 4.69) is 37.8 Å². The first-order valence-corrected chi connectivity index (χ1v) is 8.19. The van der Waals surface area contributed by atoms with Crippen LogP contribution in [0.2, 0.25) is 0 Å². The Morgan fingerprint density at radius 1 is 1.19 bits per heavy atom. The van der Waals surface area contributed by atoms with E-state index in [0.29, 0.717) is 0 Å². The zero-order chi connectivity index (χ0) is 11.8. The van der Waals surface area contributed by atoms with Crippen LogP contribution in [0.25, 0.3) is 0 Å². The number of thioether (sulfide) groups is 1. The summed E-state index contributed by atoms with van der Waals surface area (Å²) >= 11 is 2.14. The molecule has 1 fully saturated rings. The summed E-state index contributed by atoms with van der Waals surface area (Å²) in [4.78, 5) is 0. The van der Waals surface area contributed by atoms with Crippen LogP contribution in [0.15, 0.2) is 0 Å². The van der Waals surface area contributed by atoms with Crippen LogP contribution in [0.4, 0.5) is 0 Å². The Kier molecular flexibility index (Phi) is 7.55. The first-order chi connectivity index (χ1) is 7.72. The average Bonchev–Trinajstić information content (AvgIpc) is 2.27. The van der Waals surface area contributed by atoms with Crippen LogP contribution in [-0.2, 0) is 0 Å². The summed E-state index contributed by atoms with van der Waals surface area (Å²) in [6.07, 6.45) is 7.07. The monoisotopic (exact) mass is 243 g/mol. The summed E-state index contributed by atoms with van der Waals surface area (Å²) in [6.45, 7) is 8.03. The fourth-order valence-corrected chi connectivity index (χ4v) is 3.72. The van der Waals surface area contributed by atoms with E-state index in [0.717, 1.165) is 24.4 Å². The van der Waals surface area contributed by atoms with Crippen molar-refractivity contribution in [3.8, 4) is 0 Å². The van der Waals surface area contributed by atoms with E-state index in [4.69, 9.17) is 0 Å². The van der Waals surface area contributed by atoms with Crippen molar-refractivity contribution >= 4 is 11.8 Å². The van der Waals surface area contributed by atoms with Crippen LogP contribution in [0.5, 0.6) is 0 Å². The van der Waals surface area contributed by atoms with Crippen molar-refractivity contribution in [2.75, 3.05) is 18.1 Å². The normalized spacial score (nSPS) is 20.2. The molecule has 1 aliphatic rings. The van der Waals surface area contributed by atoms with Crippen molar-refractivity contribution < 1.29 is 0 Å². The van der Waals surface area contributed by atoms with E-state index in [1.807, 2.05) is 0 Å². The molecule has 1 rings (SSSR count). The minimum atomic E-state index is 0.778. The van der Waals surface area contributed by atoms with E-state index in [-0.39, 0.29) is 0 Å². The second-order valence-electron chi connectivity index (χ2n) is 5.52. The molecule has 1 nitrogen and oxygen atoms in total. The average molecular weight is 243 g/mol. The van der Waals surface area contributed by atoms with Gasteiger partial charge in [-0.25, -0.2) is 0 Å². The molecular formula is C14H29NS. The van der Waals surface area contributed by atoms with Gasteiger partial charge >= 0.3 is 0 Å². The molecule has 2 heteroatoms. The van der Waals surface area contributed by atoms with Crippen LogP contribution < -0.4 is 5.32 Å². The lowest BCUT2D eigenvalue weighted by Crippen LogP contribution is -2.32. The predicted octanol–water partition coefficient (Wildman–Crippen LogP) is 3.93. The Hall–Kier alpha value is 0.310. The summed E-state index contributed by atoms with van der Waals surface area (Å²) in [5.74, 6) is 4.64. The number of rotatable bonds is 7. The Labute approximate surface area is 106 Å². The predicted molar refractivity (Wildman–Crippen MR) is 76.2 cm³/mol. The van der Waals surface area contributed by atoms with E-state index < -0.39 is 0 Å². The Morgan fingerprint density at radius 3 is 2.44 bits per heavy atom. The van der Waals surface area contributed by atoms with Crippen LogP contribution in [0.3, 0.4) is 0 Å². The molecule has 1 aliphatic heterocycles. The van der Waals surface area contributed by atoms with E-state index in [1.165, 1.54) is 43.6 Å². The standard InChI is InChI=1S/C14H29NS/c1-4-15-14(6-5-12(2)3)11-13-7-9-16-10-8-13/h12-15H,4-11H2,1-3H3. The van der Waals surface area contributed by atoms with Gasteiger partial charge in [-0.2, -0.15) is 11.8 Å². The minimum Gasteiger partial charge on any atom is -0.314 e. The van der Waals surface area contributed by atoms with Gasteiger partial charge in [0.25, 0.3) is 0 Å². The number of hydrogen-bond donors (Lipinski definition) is 1. The van der Waals surface area contributed by atoms with Crippen molar-refractivity contribution in [1.82, 2.24) is 5.32 Å². The third-order valence-corrected chi connectivity index (χ3v) is 4.59. The zero-order valence-corrected chi connectivity index (χ0v) is 12.1. The molecule has 1 unspecified atom stereocenters. The van der Waals surface area contributed by atoms with Crippen molar-refractivity contribution in [1.29, 1.82) is 0 Å². The van der Waals surface area contributed by atoms with E-state index in [1.54, 1.807) is 0 Å². The minimum absolute atomic E-state index is 0.778. The van der Waals surface area contributed by atoms with Gasteiger partial charge in [0.05, 0.1) is 0 Å². The summed E-state index contributed by atoms with van der Waals surface area (Å²) in [7, 11) is 0. The van der Waals surface area contributed by atoms with Crippen molar-refractivity contribution in [3.05, 3.63) is 0 Å². The molecule has 0 bridgehead atoms. The topological polar surface area (TPSA) is 12.0 Å². The fourth-order valence-electron chi connectivity index (χ4n) is 2.51. The van der Waals surface area contributed by atoms with Gasteiger partial charge in [-0.3, -0.25) is 0 Å². The van der Waals surface area contributed by atoms with Crippen LogP contribution in [0.1, 0.15) is 52.9 Å². The third kappa shape index (κ3) is 6.15. The maximum Gasteiger partial charge on any atom is 0.00696 e. The fraction of sp³-hybridized carbons (Fsp3) is 1.00. The molecule has 1 N–H and O–H groups in total. The molecule has 1 heterocycles. The molecule has 96 valence electrons. The maximum atomic E-state index is 3.68. The molecule has 0 spiro atoms. The van der Waals surface area contributed by atoms with Crippen LogP contribution in [-0.4, -0.2) is 24.1 Å². The first-order valence-electron chi connectivity index (χ1n) is 7.03. The van der Waals surface area contributed by atoms with Gasteiger partial charge in [0.2, 0.25) is 0 Å². The number of hydrogen-bond acceptors (Lipinski definition) is 2. The molecule has 16 heavy (non-hydrogen) atoms. The first kappa shape index (κ1) is 14.4. The molecule has 0 aliphatic carbocycles. The summed E-state index contributed by atoms with van der Waals surface area (Å²) in [6, 6.07) is 0.778. The zero-order valence-electron chi connectivity index (χ0n) is 11.3. The van der Waals surface area contributed by atoms with E-state index >= 15 is 0 Å². The van der Waals surface area contributed by atoms with E-state index in [9.17, 15) is 0 Å². The highest BCUT2D eigenvalue weighted by Gasteiger charge is 2.18. The van der Waals surface area contributed by atoms with Gasteiger partial charge in [-0.05, 0) is 62.0 Å². The van der Waals surface area contributed by atoms with Gasteiger partial charge in [-0.1, -0.05) is 20.8 Å². The lowest BCUT2D eigenvalue weighted by atomic mass is 9.91. The molecule has 1 atom stereocenters. The number of nitrogens with one attached hydrogen (secondary N) is 1. The summed E-state index contributed by atoms with van der Waals surface area (Å²) in [5, 5.41) is 3.68. The van der Waals surface area contributed by atoms with Gasteiger partial charge in [0.15, 0.2) is 0 Å². The summed E-state index contributed by atoms with van der Waals surface area (Å²) in [5.41, 5.74) is 0. The lowest BCUT2D eigenvalue weighted by molar-refractivity contribution is 0.338. The molecule has 0 saturated carbocycles. The highest BCUT2D eigenvalue weighted by molar-refractivity contribution is 7.99. The van der Waals surface area contributed by atoms with Crippen molar-refractivity contribution in [2.24, 2.45) is 11.8 Å². The lowest BCUT2D eigenvalue weighted by Gasteiger charge is -2.27. The largest absolute Gasteiger partial charge is 0.314 e. The summed E-state index contributed by atoms with van der Waals surface area (Å²) < 4.78 is 0. The van der Waals surface area contributed by atoms with Gasteiger partial charge in [0, 0.05) is 6.04 Å². The molecule has 0 amide bonds. The Morgan fingerprint density at radius 2 is 1.88 bits per heavy atom. The highest BCUT2D eigenvalue weighted by atomic mass is 32.2. The molecular weight excluding hydrogens is 214 g/mol. The Bertz CT molecular complexity index is 164. The van der Waals surface area contributed by atoms with Crippen molar-refractivity contribution in [3.63, 3.8) is 0 Å². The molecule has 0 aromatic rings. The quantitative estimate of drug-likeness (QED) is 0.727. The second-order valence-corrected chi connectivity index (χ2v) is 6.74. The van der Waals surface area contributed by atoms with Gasteiger partial charge < -0.3 is 5.32 Å². The molecule has 1 saturated heterocycles. The highest BCUT2D eigenvalue weighted by Crippen LogP contribution is 2.27. The second kappa shape index (κ2) is 8.41. The van der Waals surface area contributed by atoms with Crippen molar-refractivity contribution in [2.45, 2.75) is 58.9 Å². The third-order valence-electron chi connectivity index (χ3n) is 3.54. The van der Waals surface area contributed by atoms with Crippen LogP contribution in [0, 0.1) is 11.8 Å². The smallest absolute Gasteiger partial charge is 0.00696 e. The maximum absolute atomic E-state index is 3.68. The van der Waals surface area contributed by atoms with Gasteiger partial charge in [0.1, 0.15) is 0 Å².